The first-order valence-electron chi connectivity index (χ1n) is 6.96. The van der Waals surface area contributed by atoms with E-state index < -0.39 is 0 Å². The third-order valence-electron chi connectivity index (χ3n) is 3.55. The highest BCUT2D eigenvalue weighted by atomic mass is 35.5. The van der Waals surface area contributed by atoms with Crippen LogP contribution in [-0.2, 0) is 4.74 Å². The maximum absolute atomic E-state index is 5.93. The third kappa shape index (κ3) is 3.23. The first-order chi connectivity index (χ1) is 10.7. The van der Waals surface area contributed by atoms with Gasteiger partial charge in [0.15, 0.2) is 0 Å². The third-order valence-corrected chi connectivity index (χ3v) is 3.80. The number of hydrogen-bond donors (Lipinski definition) is 1. The van der Waals surface area contributed by atoms with E-state index >= 15 is 0 Å². The van der Waals surface area contributed by atoms with Crippen molar-refractivity contribution < 1.29 is 9.47 Å². The summed E-state index contributed by atoms with van der Waals surface area (Å²) in [6.45, 7) is 2.03. The summed E-state index contributed by atoms with van der Waals surface area (Å²) in [5.74, 6) is 1.40. The van der Waals surface area contributed by atoms with E-state index in [0.717, 1.165) is 17.9 Å². The van der Waals surface area contributed by atoms with Gasteiger partial charge in [0, 0.05) is 24.2 Å². The molecule has 1 atom stereocenters. The number of nitrogens with two attached hydrogens (primary N) is 1. The average Bonchev–Trinajstić information content (AvgIpc) is 2.55. The molecular weight excluding hydrogens is 304 g/mol. The zero-order valence-corrected chi connectivity index (χ0v) is 13.0. The van der Waals surface area contributed by atoms with Crippen molar-refractivity contribution in [2.45, 2.75) is 6.10 Å². The number of methoxy groups -OCH3 is 1. The lowest BCUT2D eigenvalue weighted by Gasteiger charge is -2.34. The maximum Gasteiger partial charge on any atom is 0.225 e. The molecule has 0 amide bonds. The summed E-state index contributed by atoms with van der Waals surface area (Å²) in [6, 6.07) is 9.47. The molecule has 0 bridgehead atoms. The highest BCUT2D eigenvalue weighted by Gasteiger charge is 2.23. The van der Waals surface area contributed by atoms with Crippen molar-refractivity contribution in [3.8, 4) is 5.88 Å². The van der Waals surface area contributed by atoms with Crippen molar-refractivity contribution >= 4 is 23.4 Å². The second-order valence-electron chi connectivity index (χ2n) is 4.98. The van der Waals surface area contributed by atoms with E-state index in [4.69, 9.17) is 26.8 Å². The van der Waals surface area contributed by atoms with Crippen molar-refractivity contribution in [3.63, 3.8) is 0 Å². The Morgan fingerprint density at radius 2 is 2.09 bits per heavy atom. The predicted octanol–water partition coefficient (Wildman–Crippen LogP) is 2.30. The first kappa shape index (κ1) is 14.9. The number of hydrogen-bond acceptors (Lipinski definition) is 6. The zero-order chi connectivity index (χ0) is 15.5. The Labute approximate surface area is 133 Å². The number of rotatable bonds is 3. The van der Waals surface area contributed by atoms with Crippen molar-refractivity contribution in [1.29, 1.82) is 0 Å². The summed E-state index contributed by atoms with van der Waals surface area (Å²) in [7, 11) is 1.56. The van der Waals surface area contributed by atoms with Crippen molar-refractivity contribution in [3.05, 3.63) is 40.9 Å². The molecule has 3 rings (SSSR count). The highest BCUT2D eigenvalue weighted by molar-refractivity contribution is 6.30. The van der Waals surface area contributed by atoms with Gasteiger partial charge in [-0.2, -0.15) is 9.97 Å². The number of aromatic nitrogens is 2. The van der Waals surface area contributed by atoms with Gasteiger partial charge < -0.3 is 20.1 Å². The smallest absolute Gasteiger partial charge is 0.225 e. The number of anilines is 2. The molecule has 0 aliphatic carbocycles. The van der Waals surface area contributed by atoms with Crippen molar-refractivity contribution in [2.24, 2.45) is 0 Å². The van der Waals surface area contributed by atoms with Crippen LogP contribution in [0.5, 0.6) is 5.88 Å². The van der Waals surface area contributed by atoms with Crippen LogP contribution in [0.25, 0.3) is 0 Å². The van der Waals surface area contributed by atoms with Crippen LogP contribution in [-0.4, -0.2) is 36.8 Å². The number of nitrogens with zero attached hydrogens (tertiary/aromatic N) is 3. The monoisotopic (exact) mass is 320 g/mol. The molecule has 1 aliphatic rings. The van der Waals surface area contributed by atoms with Crippen LogP contribution in [0, 0.1) is 0 Å². The van der Waals surface area contributed by atoms with Gasteiger partial charge in [-0.1, -0.05) is 23.7 Å². The normalized spacial score (nSPS) is 18.3. The summed E-state index contributed by atoms with van der Waals surface area (Å²) in [6.07, 6.45) is -0.0341. The lowest BCUT2D eigenvalue weighted by molar-refractivity contribution is 0.0395. The van der Waals surface area contributed by atoms with Gasteiger partial charge in [0.25, 0.3) is 0 Å². The van der Waals surface area contributed by atoms with Crippen molar-refractivity contribution in [2.75, 3.05) is 37.4 Å². The Morgan fingerprint density at radius 1 is 1.32 bits per heavy atom. The number of ether oxygens (including phenoxy) is 2. The molecule has 7 heteroatoms. The maximum atomic E-state index is 5.93. The number of benzene rings is 1. The topological polar surface area (TPSA) is 73.5 Å². The minimum atomic E-state index is -0.0341. The molecule has 22 heavy (non-hydrogen) atoms. The molecule has 1 fully saturated rings. The number of halogens is 1. The Morgan fingerprint density at radius 3 is 2.82 bits per heavy atom. The van der Waals surface area contributed by atoms with E-state index in [1.165, 1.54) is 0 Å². The molecular formula is C15H17ClN4O2. The minimum absolute atomic E-state index is 0.0341. The summed E-state index contributed by atoms with van der Waals surface area (Å²) in [5.41, 5.74) is 6.82. The fraction of sp³-hybridized carbons (Fsp3) is 0.333. The van der Waals surface area contributed by atoms with Gasteiger partial charge in [-0.05, 0) is 17.7 Å². The number of morpholine rings is 1. The van der Waals surface area contributed by atoms with E-state index in [9.17, 15) is 0 Å². The lowest BCUT2D eigenvalue weighted by atomic mass is 10.1. The Balaban J connectivity index is 1.81. The summed E-state index contributed by atoms with van der Waals surface area (Å²) in [5, 5.41) is 0.713. The van der Waals surface area contributed by atoms with Crippen LogP contribution in [0.2, 0.25) is 5.02 Å². The minimum Gasteiger partial charge on any atom is -0.481 e. The van der Waals surface area contributed by atoms with Gasteiger partial charge in [-0.3, -0.25) is 0 Å². The predicted molar refractivity (Wildman–Crippen MR) is 85.4 cm³/mol. The number of nitrogen functional groups attached to an aromatic ring is 1. The van der Waals surface area contributed by atoms with Gasteiger partial charge in [0.05, 0.1) is 13.7 Å². The Bertz CT molecular complexity index is 650. The quantitative estimate of drug-likeness (QED) is 0.935. The molecule has 0 spiro atoms. The summed E-state index contributed by atoms with van der Waals surface area (Å²) < 4.78 is 11.0. The molecule has 2 N–H and O–H groups in total. The Hall–Kier alpha value is -2.05. The molecule has 2 aromatic rings. The van der Waals surface area contributed by atoms with E-state index in [1.807, 2.05) is 24.3 Å². The standard InChI is InChI=1S/C15H17ClN4O2/c1-21-14-8-13(18-15(17)19-14)20-6-7-22-12(9-20)10-2-4-11(16)5-3-10/h2-5,8,12H,6-7,9H2,1H3,(H2,17,18,19)/t12-/m1/s1. The summed E-state index contributed by atoms with van der Waals surface area (Å²) >= 11 is 5.93. The van der Waals surface area contributed by atoms with E-state index in [1.54, 1.807) is 13.2 Å². The summed E-state index contributed by atoms with van der Waals surface area (Å²) in [4.78, 5) is 10.4. The van der Waals surface area contributed by atoms with E-state index in [-0.39, 0.29) is 12.1 Å². The second-order valence-corrected chi connectivity index (χ2v) is 5.42. The van der Waals surface area contributed by atoms with E-state index in [0.29, 0.717) is 24.1 Å². The van der Waals surface area contributed by atoms with Gasteiger partial charge in [0.2, 0.25) is 11.8 Å². The van der Waals surface area contributed by atoms with Crippen LogP contribution in [0.4, 0.5) is 11.8 Å². The SMILES string of the molecule is COc1cc(N2CCO[C@@H](c3ccc(Cl)cc3)C2)nc(N)n1. The molecule has 2 heterocycles. The van der Waals surface area contributed by atoms with Gasteiger partial charge in [0.1, 0.15) is 11.9 Å². The van der Waals surface area contributed by atoms with Crippen LogP contribution in [0.15, 0.2) is 30.3 Å². The van der Waals surface area contributed by atoms with Crippen LogP contribution < -0.4 is 15.4 Å². The van der Waals surface area contributed by atoms with Crippen LogP contribution in [0.3, 0.4) is 0 Å². The van der Waals surface area contributed by atoms with Crippen molar-refractivity contribution in [1.82, 2.24) is 9.97 Å². The molecule has 0 unspecified atom stereocenters. The lowest BCUT2D eigenvalue weighted by Crippen LogP contribution is -2.39. The molecule has 0 radical (unpaired) electrons. The molecule has 1 aromatic heterocycles. The molecule has 1 aliphatic heterocycles. The average molecular weight is 321 g/mol. The fourth-order valence-electron chi connectivity index (χ4n) is 2.43. The largest absolute Gasteiger partial charge is 0.481 e. The molecule has 0 saturated carbocycles. The van der Waals surface area contributed by atoms with Gasteiger partial charge in [-0.15, -0.1) is 0 Å². The second kappa shape index (κ2) is 6.37. The highest BCUT2D eigenvalue weighted by Crippen LogP contribution is 2.27. The van der Waals surface area contributed by atoms with Gasteiger partial charge >= 0.3 is 0 Å². The zero-order valence-electron chi connectivity index (χ0n) is 12.2. The molecule has 116 valence electrons. The van der Waals surface area contributed by atoms with Crippen LogP contribution >= 0.6 is 11.6 Å². The molecule has 1 saturated heterocycles. The van der Waals surface area contributed by atoms with Gasteiger partial charge in [-0.25, -0.2) is 0 Å². The van der Waals surface area contributed by atoms with E-state index in [2.05, 4.69) is 14.9 Å². The first-order valence-corrected chi connectivity index (χ1v) is 7.34. The molecule has 6 nitrogen and oxygen atoms in total. The fourth-order valence-corrected chi connectivity index (χ4v) is 2.56. The molecule has 1 aromatic carbocycles. The Kier molecular flexibility index (Phi) is 4.31. The van der Waals surface area contributed by atoms with Crippen LogP contribution in [0.1, 0.15) is 11.7 Å².